The Kier molecular flexibility index (Phi) is 6.48. The number of aliphatic hydroxyl groups excluding tert-OH is 4. The summed E-state index contributed by atoms with van der Waals surface area (Å²) in [5.41, 5.74) is 2.25. The fourth-order valence-corrected chi connectivity index (χ4v) is 6.69. The highest BCUT2D eigenvalue weighted by molar-refractivity contribution is 6.10. The first-order valence-electron chi connectivity index (χ1n) is 12.4. The van der Waals surface area contributed by atoms with Crippen LogP contribution in [0.4, 0.5) is 0 Å². The van der Waals surface area contributed by atoms with Crippen LogP contribution < -0.4 is 5.73 Å². The zero-order valence-corrected chi connectivity index (χ0v) is 21.7. The third-order valence-electron chi connectivity index (χ3n) is 8.45. The van der Waals surface area contributed by atoms with Gasteiger partial charge in [-0.3, -0.25) is 14.5 Å². The average molecular weight is 517 g/mol. The molecule has 1 fully saturated rings. The van der Waals surface area contributed by atoms with Crippen LogP contribution in [0.2, 0.25) is 0 Å². The smallest absolute Gasteiger partial charge is 0.248 e. The van der Waals surface area contributed by atoms with Crippen molar-refractivity contribution < 1.29 is 40.2 Å². The minimum Gasteiger partial charge on any atom is -0.510 e. The van der Waals surface area contributed by atoms with Gasteiger partial charge in [-0.05, 0) is 31.5 Å². The largest absolute Gasteiger partial charge is 0.510 e. The average Bonchev–Trinajstić information content (AvgIpc) is 2.79. The van der Waals surface area contributed by atoms with Crippen molar-refractivity contribution in [3.63, 3.8) is 0 Å². The summed E-state index contributed by atoms with van der Waals surface area (Å²) in [5, 5.41) is 68.1. The van der Waals surface area contributed by atoms with E-state index in [1.807, 2.05) is 20.8 Å². The second kappa shape index (κ2) is 8.83. The number of primary amides is 1. The number of likely N-dealkylation sites (N-methyl/N-ethyl adjacent to an activating group) is 1. The highest BCUT2D eigenvalue weighted by atomic mass is 16.3. The Morgan fingerprint density at radius 2 is 1.81 bits per heavy atom. The van der Waals surface area contributed by atoms with Crippen molar-refractivity contribution in [3.05, 3.63) is 45.7 Å². The van der Waals surface area contributed by atoms with Crippen molar-refractivity contribution in [1.82, 2.24) is 4.90 Å². The van der Waals surface area contributed by atoms with E-state index in [9.17, 15) is 40.2 Å². The molecular formula is C27H36N2O8. The number of carbonyl (C=O) groups is 2. The van der Waals surface area contributed by atoms with Gasteiger partial charge in [0.2, 0.25) is 5.91 Å². The van der Waals surface area contributed by atoms with E-state index in [1.54, 1.807) is 12.1 Å². The van der Waals surface area contributed by atoms with Crippen LogP contribution in [0.15, 0.2) is 29.0 Å². The highest BCUT2D eigenvalue weighted by Crippen LogP contribution is 2.56. The van der Waals surface area contributed by atoms with Crippen molar-refractivity contribution >= 4 is 17.4 Å². The van der Waals surface area contributed by atoms with E-state index in [0.717, 1.165) is 12.8 Å². The Morgan fingerprint density at radius 1 is 1.19 bits per heavy atom. The Labute approximate surface area is 215 Å². The van der Waals surface area contributed by atoms with Gasteiger partial charge in [0.25, 0.3) is 0 Å². The summed E-state index contributed by atoms with van der Waals surface area (Å²) in [4.78, 5) is 27.5. The van der Waals surface area contributed by atoms with E-state index < -0.39 is 76.3 Å². The minimum atomic E-state index is -2.42. The predicted octanol–water partition coefficient (Wildman–Crippen LogP) is 1.32. The van der Waals surface area contributed by atoms with Crippen LogP contribution in [0, 0.1) is 11.8 Å². The fourth-order valence-electron chi connectivity index (χ4n) is 6.69. The van der Waals surface area contributed by atoms with Gasteiger partial charge in [0.05, 0.1) is 29.4 Å². The number of phenols is 1. The second-order valence-electron chi connectivity index (χ2n) is 11.4. The molecule has 0 aliphatic heterocycles. The number of aromatic hydroxyl groups is 1. The molecule has 1 saturated carbocycles. The van der Waals surface area contributed by atoms with E-state index in [-0.39, 0.29) is 22.4 Å². The van der Waals surface area contributed by atoms with Gasteiger partial charge in [0.1, 0.15) is 22.9 Å². The molecule has 6 atom stereocenters. The monoisotopic (exact) mass is 516 g/mol. The van der Waals surface area contributed by atoms with Crippen LogP contribution >= 0.6 is 0 Å². The number of fused-ring (bicyclic) bond motifs is 3. The molecule has 10 nitrogen and oxygen atoms in total. The van der Waals surface area contributed by atoms with E-state index in [4.69, 9.17) is 5.73 Å². The Bertz CT molecular complexity index is 1230. The molecule has 0 heterocycles. The lowest BCUT2D eigenvalue weighted by Gasteiger charge is -2.54. The maximum Gasteiger partial charge on any atom is 0.248 e. The second-order valence-corrected chi connectivity index (χ2v) is 11.4. The molecule has 0 spiro atoms. The molecule has 1 aromatic rings. The van der Waals surface area contributed by atoms with Gasteiger partial charge in [0, 0.05) is 29.4 Å². The summed E-state index contributed by atoms with van der Waals surface area (Å²) in [7, 11) is 3.07. The molecule has 3 aliphatic rings. The first-order valence-corrected chi connectivity index (χ1v) is 12.4. The molecule has 1 amide bonds. The SMILES string of the molecule is CCCC(C)(C)c1ccc2c(c1O)C(O)=C1C(=O)C3(O)CC(C(N)=O)=C(O)C(N(C)C)C3C(O)C1C2O. The lowest BCUT2D eigenvalue weighted by atomic mass is 9.55. The highest BCUT2D eigenvalue weighted by Gasteiger charge is 2.65. The molecule has 202 valence electrons. The van der Waals surface area contributed by atoms with Crippen LogP contribution in [-0.2, 0) is 15.0 Å². The van der Waals surface area contributed by atoms with Crippen molar-refractivity contribution in [2.45, 2.75) is 69.3 Å². The number of nitrogens with zero attached hydrogens (tertiary/aromatic N) is 1. The molecular weight excluding hydrogens is 480 g/mol. The molecule has 37 heavy (non-hydrogen) atoms. The third kappa shape index (κ3) is 3.69. The van der Waals surface area contributed by atoms with Crippen LogP contribution in [0.1, 0.15) is 62.8 Å². The van der Waals surface area contributed by atoms with Gasteiger partial charge in [-0.1, -0.05) is 39.3 Å². The molecule has 8 N–H and O–H groups in total. The Hall–Kier alpha value is -2.92. The lowest BCUT2D eigenvalue weighted by molar-refractivity contribution is -0.173. The number of carbonyl (C=O) groups excluding carboxylic acids is 2. The maximum atomic E-state index is 13.9. The molecule has 1 aromatic carbocycles. The van der Waals surface area contributed by atoms with E-state index in [1.165, 1.54) is 19.0 Å². The number of rotatable bonds is 5. The topological polar surface area (TPSA) is 185 Å². The van der Waals surface area contributed by atoms with Crippen LogP contribution in [0.25, 0.3) is 5.76 Å². The van der Waals surface area contributed by atoms with Gasteiger partial charge in [-0.25, -0.2) is 0 Å². The number of phenolic OH excluding ortho intramolecular Hbond substituents is 1. The lowest BCUT2D eigenvalue weighted by Crippen LogP contribution is -2.68. The van der Waals surface area contributed by atoms with Crippen molar-refractivity contribution in [2.75, 3.05) is 14.1 Å². The minimum absolute atomic E-state index is 0.128. The summed E-state index contributed by atoms with van der Waals surface area (Å²) in [6, 6.07) is 2.04. The molecule has 6 unspecified atom stereocenters. The van der Waals surface area contributed by atoms with E-state index in [2.05, 4.69) is 0 Å². The quantitative estimate of drug-likeness (QED) is 0.303. The van der Waals surface area contributed by atoms with Gasteiger partial charge in [-0.2, -0.15) is 0 Å². The molecule has 0 aromatic heterocycles. The summed E-state index contributed by atoms with van der Waals surface area (Å²) in [6.45, 7) is 5.86. The van der Waals surface area contributed by atoms with Crippen molar-refractivity contribution in [2.24, 2.45) is 17.6 Å². The number of ketones is 1. The van der Waals surface area contributed by atoms with Gasteiger partial charge in [0.15, 0.2) is 5.78 Å². The number of amides is 1. The number of benzene rings is 1. The molecule has 0 radical (unpaired) electrons. The maximum absolute atomic E-state index is 13.9. The predicted molar refractivity (Wildman–Crippen MR) is 134 cm³/mol. The summed E-state index contributed by atoms with van der Waals surface area (Å²) >= 11 is 0. The Balaban J connectivity index is 1.97. The van der Waals surface area contributed by atoms with Crippen LogP contribution in [0.3, 0.4) is 0 Å². The van der Waals surface area contributed by atoms with E-state index in [0.29, 0.717) is 5.56 Å². The van der Waals surface area contributed by atoms with Gasteiger partial charge >= 0.3 is 0 Å². The molecule has 3 aliphatic carbocycles. The number of Topliss-reactive ketones (excluding diaryl/α,β-unsaturated/α-hetero) is 1. The van der Waals surface area contributed by atoms with Gasteiger partial charge in [-0.15, -0.1) is 0 Å². The number of nitrogens with two attached hydrogens (primary N) is 1. The number of aliphatic hydroxyl groups is 5. The molecule has 0 bridgehead atoms. The first kappa shape index (κ1) is 27.1. The van der Waals surface area contributed by atoms with Crippen LogP contribution in [0.5, 0.6) is 5.75 Å². The summed E-state index contributed by atoms with van der Waals surface area (Å²) < 4.78 is 0. The fraction of sp³-hybridized carbons (Fsp3) is 0.556. The van der Waals surface area contributed by atoms with Crippen molar-refractivity contribution in [1.29, 1.82) is 0 Å². The zero-order chi connectivity index (χ0) is 27.8. The van der Waals surface area contributed by atoms with Crippen LogP contribution in [-0.4, -0.2) is 79.1 Å². The molecule has 10 heteroatoms. The number of hydrogen-bond donors (Lipinski definition) is 7. The Morgan fingerprint density at radius 3 is 2.35 bits per heavy atom. The third-order valence-corrected chi connectivity index (χ3v) is 8.45. The number of hydrogen-bond acceptors (Lipinski definition) is 9. The first-order chi connectivity index (χ1) is 17.1. The van der Waals surface area contributed by atoms with E-state index >= 15 is 0 Å². The molecule has 0 saturated heterocycles. The molecule has 4 rings (SSSR count). The summed E-state index contributed by atoms with van der Waals surface area (Å²) in [6.07, 6.45) is -2.26. The van der Waals surface area contributed by atoms with Gasteiger partial charge < -0.3 is 36.4 Å². The summed E-state index contributed by atoms with van der Waals surface area (Å²) in [5.74, 6) is -6.16. The standard InChI is InChI=1S/C27H36N2O8/c1-6-9-26(2,3)13-8-7-11-14(21(13)32)22(33)16-15(19(11)30)23(34)17-18(29(4)5)20(31)12(25(28)36)10-27(17,37)24(16)35/h7-8,15,17-19,23,30-34,37H,6,9-10H2,1-5H3,(H2,28,36). The zero-order valence-electron chi connectivity index (χ0n) is 21.7. The normalized spacial score (nSPS) is 31.8. The van der Waals surface area contributed by atoms with Crippen molar-refractivity contribution in [3.8, 4) is 5.75 Å².